The number of nitrogen functional groups attached to an aromatic ring is 1. The fourth-order valence-corrected chi connectivity index (χ4v) is 1.80. The molecule has 0 saturated carbocycles. The molecule has 11 heavy (non-hydrogen) atoms. The van der Waals surface area contributed by atoms with Crippen molar-refractivity contribution in [2.45, 2.75) is 33.1 Å². The third-order valence-electron chi connectivity index (χ3n) is 1.56. The molecule has 2 N–H and O–H groups in total. The number of hydrogen-bond acceptors (Lipinski definition) is 3. The van der Waals surface area contributed by atoms with Crippen molar-refractivity contribution in [2.75, 3.05) is 5.73 Å². The van der Waals surface area contributed by atoms with Gasteiger partial charge in [-0.3, -0.25) is 0 Å². The van der Waals surface area contributed by atoms with E-state index >= 15 is 0 Å². The molecule has 0 aliphatic carbocycles. The van der Waals surface area contributed by atoms with E-state index < -0.39 is 0 Å². The van der Waals surface area contributed by atoms with Gasteiger partial charge in [-0.25, -0.2) is 4.98 Å². The smallest absolute Gasteiger partial charge is 0.109 e. The molecule has 0 bridgehead atoms. The molecule has 1 rings (SSSR count). The van der Waals surface area contributed by atoms with E-state index in [-0.39, 0.29) is 0 Å². The summed E-state index contributed by atoms with van der Waals surface area (Å²) in [4.78, 5) is 4.41. The minimum absolute atomic E-state index is 0.906. The van der Waals surface area contributed by atoms with Gasteiger partial charge in [0.05, 0.1) is 10.7 Å². The Labute approximate surface area is 71.5 Å². The Bertz CT molecular complexity index is 230. The van der Waals surface area contributed by atoms with Crippen LogP contribution in [0.2, 0.25) is 0 Å². The van der Waals surface area contributed by atoms with E-state index in [1.807, 2.05) is 0 Å². The molecule has 0 spiro atoms. The van der Waals surface area contributed by atoms with Crippen molar-refractivity contribution in [3.63, 3.8) is 0 Å². The van der Waals surface area contributed by atoms with Gasteiger partial charge in [-0.2, -0.15) is 0 Å². The maximum atomic E-state index is 5.76. The predicted octanol–water partition coefficient (Wildman–Crippen LogP) is 2.24. The highest BCUT2D eigenvalue weighted by Gasteiger charge is 2.04. The number of nitrogens with two attached hydrogens (primary N) is 1. The van der Waals surface area contributed by atoms with E-state index in [1.54, 1.807) is 11.3 Å². The fourth-order valence-electron chi connectivity index (χ4n) is 0.981. The van der Waals surface area contributed by atoms with E-state index in [0.29, 0.717) is 0 Å². The molecule has 0 unspecified atom stereocenters. The average molecular weight is 170 g/mol. The second kappa shape index (κ2) is 3.72. The molecule has 0 aliphatic rings. The number of rotatable bonds is 3. The zero-order valence-corrected chi connectivity index (χ0v) is 7.87. The van der Waals surface area contributed by atoms with Crippen molar-refractivity contribution in [1.29, 1.82) is 0 Å². The zero-order valence-electron chi connectivity index (χ0n) is 7.05. The molecule has 1 aromatic rings. The van der Waals surface area contributed by atoms with E-state index in [9.17, 15) is 0 Å². The molecule has 0 amide bonds. The number of nitrogens with zero attached hydrogens (tertiary/aromatic N) is 1. The van der Waals surface area contributed by atoms with E-state index in [1.165, 1.54) is 0 Å². The van der Waals surface area contributed by atoms with Gasteiger partial charge in [-0.1, -0.05) is 20.3 Å². The molecule has 0 atom stereocenters. The normalized spacial score (nSPS) is 10.4. The average Bonchev–Trinajstić information content (AvgIpc) is 2.33. The molecular formula is C8H14N2S. The Kier molecular flexibility index (Phi) is 2.88. The van der Waals surface area contributed by atoms with Gasteiger partial charge >= 0.3 is 0 Å². The molecule has 0 aromatic carbocycles. The summed E-state index contributed by atoms with van der Waals surface area (Å²) in [5.74, 6) is 0. The van der Waals surface area contributed by atoms with Crippen molar-refractivity contribution < 1.29 is 0 Å². The van der Waals surface area contributed by atoms with Crippen LogP contribution in [0.15, 0.2) is 0 Å². The quantitative estimate of drug-likeness (QED) is 0.755. The molecule has 1 aromatic heterocycles. The first-order chi connectivity index (χ1) is 5.27. The molecule has 0 radical (unpaired) electrons. The van der Waals surface area contributed by atoms with Gasteiger partial charge in [0.25, 0.3) is 0 Å². The maximum Gasteiger partial charge on any atom is 0.109 e. The van der Waals surface area contributed by atoms with Crippen LogP contribution < -0.4 is 5.73 Å². The Morgan fingerprint density at radius 2 is 2.18 bits per heavy atom. The number of anilines is 1. The largest absolute Gasteiger partial charge is 0.389 e. The van der Waals surface area contributed by atoms with Crippen molar-refractivity contribution in [2.24, 2.45) is 0 Å². The Hall–Kier alpha value is -0.570. The zero-order chi connectivity index (χ0) is 8.27. The summed E-state index contributed by atoms with van der Waals surface area (Å²) in [6.07, 6.45) is 3.14. The highest BCUT2D eigenvalue weighted by Crippen LogP contribution is 2.22. The van der Waals surface area contributed by atoms with Gasteiger partial charge in [0.2, 0.25) is 0 Å². The van der Waals surface area contributed by atoms with Gasteiger partial charge < -0.3 is 5.73 Å². The summed E-state index contributed by atoms with van der Waals surface area (Å²) in [5.41, 5.74) is 6.85. The fraction of sp³-hybridized carbons (Fsp3) is 0.625. The monoisotopic (exact) mass is 170 g/mol. The van der Waals surface area contributed by atoms with Gasteiger partial charge in [0, 0.05) is 0 Å². The SMILES string of the molecule is CCCc1nc(CC)sc1N. The molecule has 3 heteroatoms. The number of aryl methyl sites for hydroxylation is 2. The van der Waals surface area contributed by atoms with Crippen molar-refractivity contribution >= 4 is 16.3 Å². The maximum absolute atomic E-state index is 5.76. The predicted molar refractivity (Wildman–Crippen MR) is 49.9 cm³/mol. The van der Waals surface area contributed by atoms with Gasteiger partial charge in [-0.05, 0) is 12.8 Å². The summed E-state index contributed by atoms with van der Waals surface area (Å²) >= 11 is 1.62. The van der Waals surface area contributed by atoms with E-state index in [2.05, 4.69) is 18.8 Å². The molecule has 62 valence electrons. The van der Waals surface area contributed by atoms with Crippen LogP contribution in [-0.4, -0.2) is 4.98 Å². The van der Waals surface area contributed by atoms with Crippen LogP contribution in [0.25, 0.3) is 0 Å². The van der Waals surface area contributed by atoms with Crippen LogP contribution >= 0.6 is 11.3 Å². The van der Waals surface area contributed by atoms with Crippen molar-refractivity contribution in [3.05, 3.63) is 10.7 Å². The molecular weight excluding hydrogens is 156 g/mol. The van der Waals surface area contributed by atoms with Crippen molar-refractivity contribution in [3.8, 4) is 0 Å². The Balaban J connectivity index is 2.79. The standard InChI is InChI=1S/C8H14N2S/c1-3-5-6-8(9)11-7(4-2)10-6/h3-5,9H2,1-2H3. The first-order valence-corrected chi connectivity index (χ1v) is 4.83. The van der Waals surface area contributed by atoms with Gasteiger partial charge in [0.1, 0.15) is 5.00 Å². The number of aromatic nitrogens is 1. The van der Waals surface area contributed by atoms with Crippen LogP contribution in [0.5, 0.6) is 0 Å². The Morgan fingerprint density at radius 3 is 2.64 bits per heavy atom. The summed E-state index contributed by atoms with van der Waals surface area (Å²) in [7, 11) is 0. The second-order valence-corrected chi connectivity index (χ2v) is 3.64. The summed E-state index contributed by atoms with van der Waals surface area (Å²) in [6, 6.07) is 0. The van der Waals surface area contributed by atoms with Crippen LogP contribution in [0.4, 0.5) is 5.00 Å². The first-order valence-electron chi connectivity index (χ1n) is 4.02. The first kappa shape index (κ1) is 8.53. The van der Waals surface area contributed by atoms with Gasteiger partial charge in [0.15, 0.2) is 0 Å². The molecule has 0 aliphatic heterocycles. The minimum Gasteiger partial charge on any atom is -0.389 e. The summed E-state index contributed by atoms with van der Waals surface area (Å²) in [6.45, 7) is 4.25. The van der Waals surface area contributed by atoms with Crippen LogP contribution in [0.3, 0.4) is 0 Å². The lowest BCUT2D eigenvalue weighted by molar-refractivity contribution is 0.883. The number of thiazole rings is 1. The topological polar surface area (TPSA) is 38.9 Å². The second-order valence-electron chi connectivity index (χ2n) is 2.52. The highest BCUT2D eigenvalue weighted by molar-refractivity contribution is 7.15. The molecule has 0 fully saturated rings. The summed E-state index contributed by atoms with van der Waals surface area (Å²) in [5, 5.41) is 2.06. The van der Waals surface area contributed by atoms with E-state index in [4.69, 9.17) is 5.73 Å². The Morgan fingerprint density at radius 1 is 1.45 bits per heavy atom. The highest BCUT2D eigenvalue weighted by atomic mass is 32.1. The minimum atomic E-state index is 0.906. The molecule has 1 heterocycles. The van der Waals surface area contributed by atoms with Crippen LogP contribution in [0, 0.1) is 0 Å². The molecule has 0 saturated heterocycles. The third-order valence-corrected chi connectivity index (χ3v) is 2.63. The lowest BCUT2D eigenvalue weighted by atomic mass is 10.3. The third kappa shape index (κ3) is 1.93. The van der Waals surface area contributed by atoms with Crippen molar-refractivity contribution in [1.82, 2.24) is 4.98 Å². The van der Waals surface area contributed by atoms with Crippen LogP contribution in [-0.2, 0) is 12.8 Å². The lowest BCUT2D eigenvalue weighted by Crippen LogP contribution is -1.90. The van der Waals surface area contributed by atoms with Crippen LogP contribution in [0.1, 0.15) is 31.0 Å². The van der Waals surface area contributed by atoms with Gasteiger partial charge in [-0.15, -0.1) is 11.3 Å². The lowest BCUT2D eigenvalue weighted by Gasteiger charge is -1.91. The molecule has 2 nitrogen and oxygen atoms in total. The number of hydrogen-bond donors (Lipinski definition) is 1. The van der Waals surface area contributed by atoms with E-state index in [0.717, 1.165) is 35.0 Å². The summed E-state index contributed by atoms with van der Waals surface area (Å²) < 4.78 is 0.